The summed E-state index contributed by atoms with van der Waals surface area (Å²) in [6.45, 7) is 6.86. The summed E-state index contributed by atoms with van der Waals surface area (Å²) in [4.78, 5) is 27.1. The van der Waals surface area contributed by atoms with Gasteiger partial charge in [0.05, 0.1) is 5.75 Å². The Balaban J connectivity index is 2.03. The minimum absolute atomic E-state index is 0.0383. The van der Waals surface area contributed by atoms with E-state index in [9.17, 15) is 9.59 Å². The zero-order valence-electron chi connectivity index (χ0n) is 17.3. The second-order valence-corrected chi connectivity index (χ2v) is 8.52. The summed E-state index contributed by atoms with van der Waals surface area (Å²) in [6, 6.07) is 15.2. The quantitative estimate of drug-likeness (QED) is 0.585. The lowest BCUT2D eigenvalue weighted by Gasteiger charge is -2.28. The van der Waals surface area contributed by atoms with Crippen LogP contribution in [-0.4, -0.2) is 35.1 Å². The zero-order valence-corrected chi connectivity index (χ0v) is 18.9. The lowest BCUT2D eigenvalue weighted by Crippen LogP contribution is -2.48. The van der Waals surface area contributed by atoms with Gasteiger partial charge < -0.3 is 10.2 Å². The zero-order chi connectivity index (χ0) is 21.2. The summed E-state index contributed by atoms with van der Waals surface area (Å²) in [7, 11) is 0. The average Bonchev–Trinajstić information content (AvgIpc) is 2.72. The largest absolute Gasteiger partial charge is 0.354 e. The molecule has 0 aliphatic rings. The smallest absolute Gasteiger partial charge is 0.242 e. The number of aryl methyl sites for hydroxylation is 1. The normalized spacial score (nSPS) is 11.7. The molecule has 6 heteroatoms. The fraction of sp³-hybridized carbons (Fsp3) is 0.391. The Morgan fingerprint density at radius 1 is 1.07 bits per heavy atom. The predicted molar refractivity (Wildman–Crippen MR) is 122 cm³/mol. The topological polar surface area (TPSA) is 49.4 Å². The van der Waals surface area contributed by atoms with Gasteiger partial charge in [-0.25, -0.2) is 0 Å². The first kappa shape index (κ1) is 23.3. The van der Waals surface area contributed by atoms with Crippen LogP contribution in [0.15, 0.2) is 48.5 Å². The maximum atomic E-state index is 13.0. The molecular formula is C23H29ClN2O2S. The molecule has 0 aromatic heterocycles. The first-order valence-electron chi connectivity index (χ1n) is 9.85. The van der Waals surface area contributed by atoms with Crippen molar-refractivity contribution in [1.29, 1.82) is 0 Å². The molecule has 156 valence electrons. The molecule has 2 amide bonds. The summed E-state index contributed by atoms with van der Waals surface area (Å²) < 4.78 is 0. The number of thioether (sulfide) groups is 1. The van der Waals surface area contributed by atoms with Gasteiger partial charge in [0.25, 0.3) is 0 Å². The van der Waals surface area contributed by atoms with Gasteiger partial charge in [0, 0.05) is 23.9 Å². The Hall–Kier alpha value is -1.98. The molecule has 0 spiro atoms. The predicted octanol–water partition coefficient (Wildman–Crippen LogP) is 4.83. The molecule has 2 aromatic rings. The molecule has 0 saturated heterocycles. The number of nitrogens with one attached hydrogen (secondary N) is 1. The van der Waals surface area contributed by atoms with E-state index in [-0.39, 0.29) is 11.8 Å². The van der Waals surface area contributed by atoms with Gasteiger partial charge in [-0.05, 0) is 43.5 Å². The molecule has 29 heavy (non-hydrogen) atoms. The number of amides is 2. The van der Waals surface area contributed by atoms with Gasteiger partial charge >= 0.3 is 0 Å². The summed E-state index contributed by atoms with van der Waals surface area (Å²) in [6.07, 6.45) is 0.862. The van der Waals surface area contributed by atoms with Crippen LogP contribution >= 0.6 is 23.4 Å². The maximum Gasteiger partial charge on any atom is 0.242 e. The van der Waals surface area contributed by atoms with E-state index in [0.717, 1.165) is 23.3 Å². The van der Waals surface area contributed by atoms with E-state index < -0.39 is 6.04 Å². The van der Waals surface area contributed by atoms with Gasteiger partial charge in [0.1, 0.15) is 6.04 Å². The molecule has 2 aromatic carbocycles. The SMILES string of the molecule is CCCNC(=O)[C@@H](C)N(Cc1ccc(C)cc1)C(=O)CSCc1ccc(Cl)cc1. The molecule has 0 unspecified atom stereocenters. The van der Waals surface area contributed by atoms with E-state index >= 15 is 0 Å². The highest BCUT2D eigenvalue weighted by molar-refractivity contribution is 7.99. The highest BCUT2D eigenvalue weighted by Crippen LogP contribution is 2.18. The van der Waals surface area contributed by atoms with Crippen LogP contribution in [0.25, 0.3) is 0 Å². The van der Waals surface area contributed by atoms with Crippen LogP contribution in [0.1, 0.15) is 37.0 Å². The van der Waals surface area contributed by atoms with Crippen molar-refractivity contribution in [3.63, 3.8) is 0 Å². The molecule has 0 saturated carbocycles. The molecule has 0 heterocycles. The molecule has 2 rings (SSSR count). The minimum atomic E-state index is -0.522. The molecule has 0 aliphatic heterocycles. The second kappa shape index (κ2) is 11.9. The highest BCUT2D eigenvalue weighted by atomic mass is 35.5. The Labute approximate surface area is 183 Å². The summed E-state index contributed by atoms with van der Waals surface area (Å²) in [5, 5.41) is 3.60. The van der Waals surface area contributed by atoms with E-state index in [4.69, 9.17) is 11.6 Å². The molecule has 1 atom stereocenters. The third-order valence-electron chi connectivity index (χ3n) is 4.60. The van der Waals surface area contributed by atoms with E-state index in [1.54, 1.807) is 23.6 Å². The van der Waals surface area contributed by atoms with Crippen molar-refractivity contribution in [2.75, 3.05) is 12.3 Å². The standard InChI is InChI=1S/C23H29ClN2O2S/c1-4-13-25-23(28)18(3)26(14-19-7-5-17(2)6-8-19)22(27)16-29-15-20-9-11-21(24)12-10-20/h5-12,18H,4,13-16H2,1-3H3,(H,25,28)/t18-/m1/s1. The number of carbonyl (C=O) groups is 2. The fourth-order valence-electron chi connectivity index (χ4n) is 2.79. The summed E-state index contributed by atoms with van der Waals surface area (Å²) >= 11 is 7.46. The van der Waals surface area contributed by atoms with Crippen LogP contribution in [0.2, 0.25) is 5.02 Å². The van der Waals surface area contributed by atoms with E-state index in [1.807, 2.05) is 62.4 Å². The molecule has 4 nitrogen and oxygen atoms in total. The van der Waals surface area contributed by atoms with Gasteiger partial charge in [-0.3, -0.25) is 9.59 Å². The van der Waals surface area contributed by atoms with E-state index in [2.05, 4.69) is 5.32 Å². The van der Waals surface area contributed by atoms with Crippen LogP contribution in [0.3, 0.4) is 0 Å². The summed E-state index contributed by atoms with van der Waals surface area (Å²) in [5.74, 6) is 0.885. The van der Waals surface area contributed by atoms with E-state index in [1.165, 1.54) is 5.56 Å². The van der Waals surface area contributed by atoms with Gasteiger partial charge in [0.15, 0.2) is 0 Å². The fourth-order valence-corrected chi connectivity index (χ4v) is 3.79. The van der Waals surface area contributed by atoms with Gasteiger partial charge in [0.2, 0.25) is 11.8 Å². The van der Waals surface area contributed by atoms with Crippen molar-refractivity contribution in [2.24, 2.45) is 0 Å². The number of nitrogens with zero attached hydrogens (tertiary/aromatic N) is 1. The number of rotatable bonds is 10. The van der Waals surface area contributed by atoms with Crippen LogP contribution in [0.5, 0.6) is 0 Å². The molecule has 0 bridgehead atoms. The van der Waals surface area contributed by atoms with Crippen molar-refractivity contribution >= 4 is 35.2 Å². The summed E-state index contributed by atoms with van der Waals surface area (Å²) in [5.41, 5.74) is 3.30. The van der Waals surface area contributed by atoms with Crippen molar-refractivity contribution in [3.05, 3.63) is 70.2 Å². The third kappa shape index (κ3) is 7.75. The highest BCUT2D eigenvalue weighted by Gasteiger charge is 2.25. The minimum Gasteiger partial charge on any atom is -0.354 e. The Kier molecular flexibility index (Phi) is 9.55. The monoisotopic (exact) mass is 432 g/mol. The average molecular weight is 433 g/mol. The van der Waals surface area contributed by atoms with Crippen LogP contribution in [0.4, 0.5) is 0 Å². The number of carbonyl (C=O) groups excluding carboxylic acids is 2. The Morgan fingerprint density at radius 3 is 2.31 bits per heavy atom. The number of hydrogen-bond donors (Lipinski definition) is 1. The molecule has 0 aliphatic carbocycles. The van der Waals surface area contributed by atoms with Crippen molar-refractivity contribution in [3.8, 4) is 0 Å². The van der Waals surface area contributed by atoms with Crippen molar-refractivity contribution < 1.29 is 9.59 Å². The van der Waals surface area contributed by atoms with Crippen LogP contribution in [-0.2, 0) is 21.9 Å². The third-order valence-corrected chi connectivity index (χ3v) is 5.84. The Morgan fingerprint density at radius 2 is 1.69 bits per heavy atom. The Bertz CT molecular complexity index is 794. The van der Waals surface area contributed by atoms with Gasteiger partial charge in [-0.15, -0.1) is 11.8 Å². The second-order valence-electron chi connectivity index (χ2n) is 7.09. The lowest BCUT2D eigenvalue weighted by molar-refractivity contribution is -0.138. The molecule has 0 radical (unpaired) electrons. The first-order valence-corrected chi connectivity index (χ1v) is 11.4. The maximum absolute atomic E-state index is 13.0. The van der Waals surface area contributed by atoms with E-state index in [0.29, 0.717) is 23.9 Å². The number of benzene rings is 2. The molecule has 0 fully saturated rings. The van der Waals surface area contributed by atoms with Crippen LogP contribution in [0, 0.1) is 6.92 Å². The first-order chi connectivity index (χ1) is 13.9. The number of halogens is 1. The van der Waals surface area contributed by atoms with Crippen molar-refractivity contribution in [2.45, 2.75) is 45.5 Å². The van der Waals surface area contributed by atoms with Crippen LogP contribution < -0.4 is 5.32 Å². The molecular weight excluding hydrogens is 404 g/mol. The van der Waals surface area contributed by atoms with Gasteiger partial charge in [-0.2, -0.15) is 0 Å². The lowest BCUT2D eigenvalue weighted by atomic mass is 10.1. The van der Waals surface area contributed by atoms with Crippen molar-refractivity contribution in [1.82, 2.24) is 10.2 Å². The van der Waals surface area contributed by atoms with Gasteiger partial charge in [-0.1, -0.05) is 60.5 Å². The number of hydrogen-bond acceptors (Lipinski definition) is 3. The molecule has 1 N–H and O–H groups in total.